The van der Waals surface area contributed by atoms with E-state index in [1.807, 2.05) is 18.2 Å². The molecule has 2 aliphatic rings. The predicted molar refractivity (Wildman–Crippen MR) is 65.5 cm³/mol. The number of carbonyl (C=O) groups is 1. The van der Waals surface area contributed by atoms with Gasteiger partial charge in [0.2, 0.25) is 0 Å². The second-order valence-electron chi connectivity index (χ2n) is 4.88. The lowest BCUT2D eigenvalue weighted by molar-refractivity contribution is -0.144. The van der Waals surface area contributed by atoms with Crippen molar-refractivity contribution < 1.29 is 9.53 Å². The van der Waals surface area contributed by atoms with Gasteiger partial charge >= 0.3 is 5.97 Å². The minimum Gasteiger partial charge on any atom is -0.468 e. The standard InChI is InChI=1S/C15H16O2/c1-17-14(16)15(11-7-3-2-4-8-11)12-9-5-6-10-13(12)15/h2-8,12-13H,9-10H2,1H3. The highest BCUT2D eigenvalue weighted by Gasteiger charge is 2.70. The molecule has 0 radical (unpaired) electrons. The van der Waals surface area contributed by atoms with Crippen LogP contribution in [0.15, 0.2) is 42.5 Å². The first-order chi connectivity index (χ1) is 8.31. The Balaban J connectivity index is 2.04. The number of hydrogen-bond donors (Lipinski definition) is 0. The Kier molecular flexibility index (Phi) is 2.32. The van der Waals surface area contributed by atoms with Gasteiger partial charge in [0.15, 0.2) is 0 Å². The van der Waals surface area contributed by atoms with Gasteiger partial charge in [-0.25, -0.2) is 0 Å². The average molecular weight is 228 g/mol. The summed E-state index contributed by atoms with van der Waals surface area (Å²) in [5.74, 6) is 0.798. The highest BCUT2D eigenvalue weighted by atomic mass is 16.5. The van der Waals surface area contributed by atoms with Gasteiger partial charge in [-0.2, -0.15) is 0 Å². The smallest absolute Gasteiger partial charge is 0.316 e. The Hall–Kier alpha value is -1.57. The number of methoxy groups -OCH3 is 1. The summed E-state index contributed by atoms with van der Waals surface area (Å²) >= 11 is 0. The van der Waals surface area contributed by atoms with E-state index in [0.29, 0.717) is 11.8 Å². The fourth-order valence-electron chi connectivity index (χ4n) is 3.46. The van der Waals surface area contributed by atoms with Crippen LogP contribution in [0.25, 0.3) is 0 Å². The summed E-state index contributed by atoms with van der Waals surface area (Å²) in [6.45, 7) is 0. The Bertz CT molecular complexity index is 447. The van der Waals surface area contributed by atoms with Crippen molar-refractivity contribution in [1.82, 2.24) is 0 Å². The number of hydrogen-bond acceptors (Lipinski definition) is 2. The highest BCUT2D eigenvalue weighted by molar-refractivity contribution is 5.88. The molecule has 17 heavy (non-hydrogen) atoms. The van der Waals surface area contributed by atoms with Crippen LogP contribution < -0.4 is 0 Å². The average Bonchev–Trinajstić information content (AvgIpc) is 3.09. The molecule has 88 valence electrons. The zero-order valence-electron chi connectivity index (χ0n) is 9.93. The molecule has 0 amide bonds. The lowest BCUT2D eigenvalue weighted by Gasteiger charge is -2.15. The van der Waals surface area contributed by atoms with Gasteiger partial charge in [0.25, 0.3) is 0 Å². The number of fused-ring (bicyclic) bond motifs is 1. The number of benzene rings is 1. The molecule has 0 aliphatic heterocycles. The van der Waals surface area contributed by atoms with Gasteiger partial charge < -0.3 is 4.74 Å². The number of ether oxygens (including phenoxy) is 1. The molecule has 0 heterocycles. The van der Waals surface area contributed by atoms with E-state index < -0.39 is 0 Å². The highest BCUT2D eigenvalue weighted by Crippen LogP contribution is 2.65. The van der Waals surface area contributed by atoms with E-state index in [0.717, 1.165) is 18.4 Å². The molecule has 0 spiro atoms. The van der Waals surface area contributed by atoms with Crippen molar-refractivity contribution >= 4 is 5.97 Å². The Morgan fingerprint density at radius 2 is 1.76 bits per heavy atom. The monoisotopic (exact) mass is 228 g/mol. The molecule has 1 aromatic rings. The van der Waals surface area contributed by atoms with Gasteiger partial charge in [-0.05, 0) is 30.2 Å². The van der Waals surface area contributed by atoms with Crippen molar-refractivity contribution in [1.29, 1.82) is 0 Å². The molecule has 0 saturated heterocycles. The third kappa shape index (κ3) is 1.30. The SMILES string of the molecule is COC(=O)C1(c2ccccc2)C2CC=CCC21. The Labute approximate surface area is 101 Å². The molecule has 2 nitrogen and oxygen atoms in total. The van der Waals surface area contributed by atoms with Gasteiger partial charge in [0, 0.05) is 0 Å². The zero-order chi connectivity index (χ0) is 11.9. The van der Waals surface area contributed by atoms with E-state index in [4.69, 9.17) is 4.74 Å². The van der Waals surface area contributed by atoms with E-state index in [1.165, 1.54) is 7.11 Å². The van der Waals surface area contributed by atoms with Crippen LogP contribution in [0.1, 0.15) is 18.4 Å². The van der Waals surface area contributed by atoms with Crippen LogP contribution in [0.4, 0.5) is 0 Å². The maximum atomic E-state index is 12.2. The summed E-state index contributed by atoms with van der Waals surface area (Å²) in [5, 5.41) is 0. The Morgan fingerprint density at radius 3 is 2.29 bits per heavy atom. The predicted octanol–water partition coefficient (Wildman–Crippen LogP) is 2.69. The van der Waals surface area contributed by atoms with E-state index in [-0.39, 0.29) is 11.4 Å². The van der Waals surface area contributed by atoms with E-state index in [2.05, 4.69) is 24.3 Å². The molecule has 2 aliphatic carbocycles. The van der Waals surface area contributed by atoms with Crippen LogP contribution in [-0.2, 0) is 14.9 Å². The third-order valence-electron chi connectivity index (χ3n) is 4.27. The molecule has 2 heteroatoms. The molecule has 2 atom stereocenters. The molecule has 3 rings (SSSR count). The van der Waals surface area contributed by atoms with Crippen molar-refractivity contribution in [2.45, 2.75) is 18.3 Å². The first kappa shape index (κ1) is 10.6. The van der Waals surface area contributed by atoms with E-state index in [1.54, 1.807) is 0 Å². The molecule has 1 saturated carbocycles. The van der Waals surface area contributed by atoms with Crippen molar-refractivity contribution in [3.05, 3.63) is 48.0 Å². The number of carbonyl (C=O) groups excluding carboxylic acids is 1. The van der Waals surface area contributed by atoms with Crippen molar-refractivity contribution in [2.75, 3.05) is 7.11 Å². The second kappa shape index (κ2) is 3.73. The minimum atomic E-state index is -0.375. The van der Waals surface area contributed by atoms with Crippen LogP contribution in [0.2, 0.25) is 0 Å². The lowest BCUT2D eigenvalue weighted by atomic mass is 9.91. The number of esters is 1. The largest absolute Gasteiger partial charge is 0.468 e. The fourth-order valence-corrected chi connectivity index (χ4v) is 3.46. The molecule has 1 fully saturated rings. The van der Waals surface area contributed by atoms with Crippen LogP contribution in [0, 0.1) is 11.8 Å². The summed E-state index contributed by atoms with van der Waals surface area (Å²) in [4.78, 5) is 12.2. The fraction of sp³-hybridized carbons (Fsp3) is 0.400. The maximum Gasteiger partial charge on any atom is 0.316 e. The maximum absolute atomic E-state index is 12.2. The molecule has 0 N–H and O–H groups in total. The molecule has 2 unspecified atom stereocenters. The third-order valence-corrected chi connectivity index (χ3v) is 4.27. The minimum absolute atomic E-state index is 0.0672. The summed E-state index contributed by atoms with van der Waals surface area (Å²) in [5.41, 5.74) is 0.741. The topological polar surface area (TPSA) is 26.3 Å². The van der Waals surface area contributed by atoms with Gasteiger partial charge in [-0.15, -0.1) is 0 Å². The van der Waals surface area contributed by atoms with Crippen LogP contribution in [-0.4, -0.2) is 13.1 Å². The van der Waals surface area contributed by atoms with Crippen LogP contribution in [0.5, 0.6) is 0 Å². The quantitative estimate of drug-likeness (QED) is 0.574. The molecule has 1 aromatic carbocycles. The van der Waals surface area contributed by atoms with E-state index in [9.17, 15) is 4.79 Å². The van der Waals surface area contributed by atoms with Gasteiger partial charge in [-0.1, -0.05) is 42.5 Å². The Morgan fingerprint density at radius 1 is 1.18 bits per heavy atom. The molecular formula is C15H16O2. The van der Waals surface area contributed by atoms with Crippen LogP contribution in [0.3, 0.4) is 0 Å². The van der Waals surface area contributed by atoms with Crippen LogP contribution >= 0.6 is 0 Å². The normalized spacial score (nSPS) is 33.9. The zero-order valence-corrected chi connectivity index (χ0v) is 9.93. The molecule has 0 aromatic heterocycles. The summed E-state index contributed by atoms with van der Waals surface area (Å²) in [6, 6.07) is 10.1. The summed E-state index contributed by atoms with van der Waals surface area (Å²) < 4.78 is 5.06. The van der Waals surface area contributed by atoms with Gasteiger partial charge in [-0.3, -0.25) is 4.79 Å². The van der Waals surface area contributed by atoms with Crippen molar-refractivity contribution in [3.8, 4) is 0 Å². The van der Waals surface area contributed by atoms with Crippen molar-refractivity contribution in [2.24, 2.45) is 11.8 Å². The van der Waals surface area contributed by atoms with Gasteiger partial charge in [0.1, 0.15) is 0 Å². The summed E-state index contributed by atoms with van der Waals surface area (Å²) in [6.07, 6.45) is 6.37. The lowest BCUT2D eigenvalue weighted by Crippen LogP contribution is -2.26. The number of allylic oxidation sites excluding steroid dienone is 2. The molecule has 0 bridgehead atoms. The summed E-state index contributed by atoms with van der Waals surface area (Å²) in [7, 11) is 1.49. The second-order valence-corrected chi connectivity index (χ2v) is 4.88. The van der Waals surface area contributed by atoms with E-state index >= 15 is 0 Å². The first-order valence-electron chi connectivity index (χ1n) is 6.10. The number of rotatable bonds is 2. The van der Waals surface area contributed by atoms with Crippen molar-refractivity contribution in [3.63, 3.8) is 0 Å². The van der Waals surface area contributed by atoms with Gasteiger partial charge in [0.05, 0.1) is 12.5 Å². The first-order valence-corrected chi connectivity index (χ1v) is 6.10. The molecular weight excluding hydrogens is 212 g/mol.